The lowest BCUT2D eigenvalue weighted by Crippen LogP contribution is -2.58. The first-order valence-electron chi connectivity index (χ1n) is 19.9. The van der Waals surface area contributed by atoms with Gasteiger partial charge in [-0.25, -0.2) is 0 Å². The normalized spacial score (nSPS) is 49.1. The van der Waals surface area contributed by atoms with Crippen molar-refractivity contribution in [2.75, 3.05) is 59.8 Å². The number of hydrogen-bond donors (Lipinski definition) is 2. The third-order valence-electron chi connectivity index (χ3n) is 16.1. The van der Waals surface area contributed by atoms with E-state index in [9.17, 15) is 9.90 Å². The van der Waals surface area contributed by atoms with E-state index in [1.54, 1.807) is 0 Å². The third kappa shape index (κ3) is 5.50. The second kappa shape index (κ2) is 13.2. The van der Waals surface area contributed by atoms with Gasteiger partial charge in [-0.05, 0) is 123 Å². The fraction of sp³-hybridized carbons (Fsp3) is 0.974. The van der Waals surface area contributed by atoms with Crippen LogP contribution in [-0.2, 0) is 33.2 Å². The van der Waals surface area contributed by atoms with Gasteiger partial charge < -0.3 is 39.3 Å². The van der Waals surface area contributed by atoms with Gasteiger partial charge in [-0.15, -0.1) is 0 Å². The summed E-state index contributed by atoms with van der Waals surface area (Å²) >= 11 is 0. The molecule has 9 aliphatic rings. The largest absolute Gasteiger partial charge is 0.463 e. The van der Waals surface area contributed by atoms with Crippen molar-refractivity contribution in [2.45, 2.75) is 128 Å². The number of nitrogens with two attached hydrogens (primary N) is 1. The molecular formula is C39H64N2O8. The van der Waals surface area contributed by atoms with E-state index in [2.05, 4.69) is 31.4 Å². The van der Waals surface area contributed by atoms with Gasteiger partial charge >= 0.3 is 5.97 Å². The zero-order chi connectivity index (χ0) is 34.2. The second-order valence-corrected chi connectivity index (χ2v) is 18.1. The molecule has 4 heterocycles. The van der Waals surface area contributed by atoms with E-state index in [1.165, 1.54) is 45.6 Å². The lowest BCUT2D eigenvalue weighted by Gasteiger charge is -2.60. The number of nitrogens with zero attached hydrogens (tertiary/aromatic N) is 1. The van der Waals surface area contributed by atoms with Gasteiger partial charge in [0.15, 0.2) is 6.29 Å². The molecule has 5 aliphatic carbocycles. The van der Waals surface area contributed by atoms with Crippen LogP contribution < -0.4 is 5.73 Å². The van der Waals surface area contributed by atoms with Gasteiger partial charge in [-0.2, -0.15) is 0 Å². The van der Waals surface area contributed by atoms with Gasteiger partial charge in [0, 0.05) is 19.8 Å². The molecular weight excluding hydrogens is 624 g/mol. The molecule has 2 spiro atoms. The minimum absolute atomic E-state index is 0.0545. The van der Waals surface area contributed by atoms with Gasteiger partial charge in [0.1, 0.15) is 6.61 Å². The smallest absolute Gasteiger partial charge is 0.309 e. The van der Waals surface area contributed by atoms with Crippen LogP contribution in [0.15, 0.2) is 0 Å². The number of ether oxygens (including phenoxy) is 6. The van der Waals surface area contributed by atoms with Crippen LogP contribution >= 0.6 is 0 Å². The fourth-order valence-corrected chi connectivity index (χ4v) is 13.6. The molecule has 5 saturated carbocycles. The van der Waals surface area contributed by atoms with Crippen LogP contribution in [0.25, 0.3) is 0 Å². The number of rotatable bonds is 6. The highest BCUT2D eigenvalue weighted by molar-refractivity contribution is 5.72. The Balaban J connectivity index is 0.00000171. The average Bonchev–Trinajstić information content (AvgIpc) is 3.71. The van der Waals surface area contributed by atoms with Crippen LogP contribution in [0.3, 0.4) is 0 Å². The van der Waals surface area contributed by atoms with Crippen LogP contribution in [0.1, 0.15) is 91.4 Å². The van der Waals surface area contributed by atoms with E-state index >= 15 is 0 Å². The van der Waals surface area contributed by atoms with E-state index in [1.807, 2.05) is 0 Å². The molecule has 9 fully saturated rings. The molecule has 4 aliphatic heterocycles. The number of hydrogen-bond acceptors (Lipinski definition) is 10. The quantitative estimate of drug-likeness (QED) is 0.394. The van der Waals surface area contributed by atoms with Crippen molar-refractivity contribution in [1.82, 2.24) is 4.90 Å². The Hall–Kier alpha value is -0.850. The maximum absolute atomic E-state index is 12.7. The summed E-state index contributed by atoms with van der Waals surface area (Å²) in [6.07, 6.45) is 11.5. The van der Waals surface area contributed by atoms with Crippen molar-refractivity contribution in [2.24, 2.45) is 57.0 Å². The standard InChI is InChI=1S/C38H59NO8.CH5N/c1-35(2)28-7-6-26-31-32(40)33-27(5-4-25(46-33)21-45-34(41)23-9-15-42-16-10-23)36(31,3)12-13-37(26)22-38(28,37)11-8-29(35)47-30-18-39(14-17-44-30)24-19-43-20-24;1-2/h23-33,40H,4-22H2,1-3H3;2H2,1H3/t25?,26?,27?,28?,29?,30?,31?,32-,33?,36?,37+,38-;/m1./s1. The maximum Gasteiger partial charge on any atom is 0.309 e. The van der Waals surface area contributed by atoms with Crippen LogP contribution in [0, 0.1) is 51.2 Å². The highest BCUT2D eigenvalue weighted by atomic mass is 16.7. The van der Waals surface area contributed by atoms with E-state index in [-0.39, 0.29) is 47.3 Å². The zero-order valence-electron chi connectivity index (χ0n) is 30.6. The number of carbonyl (C=O) groups is 1. The first-order chi connectivity index (χ1) is 23.7. The fourth-order valence-electron chi connectivity index (χ4n) is 13.6. The van der Waals surface area contributed by atoms with Crippen LogP contribution in [-0.4, -0.2) is 113 Å². The van der Waals surface area contributed by atoms with Crippen molar-refractivity contribution in [3.8, 4) is 0 Å². The lowest BCUT2D eigenvalue weighted by molar-refractivity contribution is -0.254. The summed E-state index contributed by atoms with van der Waals surface area (Å²) in [5.41, 5.74) is 5.46. The number of esters is 1. The van der Waals surface area contributed by atoms with Crippen molar-refractivity contribution in [3.63, 3.8) is 0 Å². The topological polar surface area (TPSA) is 122 Å². The summed E-state index contributed by atoms with van der Waals surface area (Å²) in [5, 5.41) is 12.2. The molecule has 10 nitrogen and oxygen atoms in total. The zero-order valence-corrected chi connectivity index (χ0v) is 30.6. The van der Waals surface area contributed by atoms with Crippen molar-refractivity contribution < 1.29 is 38.3 Å². The number of aliphatic hydroxyl groups is 1. The Morgan fingerprint density at radius 2 is 1.67 bits per heavy atom. The first-order valence-corrected chi connectivity index (χ1v) is 19.9. The van der Waals surface area contributed by atoms with E-state index < -0.39 is 6.10 Å². The van der Waals surface area contributed by atoms with Crippen molar-refractivity contribution >= 4 is 5.97 Å². The molecule has 49 heavy (non-hydrogen) atoms. The predicted octanol–water partition coefficient (Wildman–Crippen LogP) is 4.15. The Morgan fingerprint density at radius 3 is 2.43 bits per heavy atom. The van der Waals surface area contributed by atoms with Crippen molar-refractivity contribution in [3.05, 3.63) is 0 Å². The van der Waals surface area contributed by atoms with Crippen LogP contribution in [0.4, 0.5) is 0 Å². The van der Waals surface area contributed by atoms with E-state index in [4.69, 9.17) is 28.4 Å². The Bertz CT molecular complexity index is 1210. The van der Waals surface area contributed by atoms with Gasteiger partial charge in [-0.3, -0.25) is 9.69 Å². The molecule has 0 aromatic rings. The highest BCUT2D eigenvalue weighted by Crippen LogP contribution is 2.87. The molecule has 4 saturated heterocycles. The Labute approximate surface area is 293 Å². The molecule has 9 rings (SSSR count). The maximum atomic E-state index is 12.7. The minimum Gasteiger partial charge on any atom is -0.463 e. The molecule has 12 atom stereocenters. The molecule has 0 bridgehead atoms. The molecule has 0 aromatic heterocycles. The van der Waals surface area contributed by atoms with Crippen molar-refractivity contribution in [1.29, 1.82) is 0 Å². The summed E-state index contributed by atoms with van der Waals surface area (Å²) in [7, 11) is 1.50. The van der Waals surface area contributed by atoms with Gasteiger partial charge in [0.2, 0.25) is 0 Å². The monoisotopic (exact) mass is 688 g/mol. The van der Waals surface area contributed by atoms with Crippen LogP contribution in [0.2, 0.25) is 0 Å². The summed E-state index contributed by atoms with van der Waals surface area (Å²) in [6, 6.07) is 0.525. The SMILES string of the molecule is CC1(C)C(OC2CN(C3COC3)CCO2)CC[C@]23C[C@]24CCC2(C)C5CCC(COC(=O)C6CCOCC6)OC5[C@H](O)C2C4CCC13.CN. The predicted molar refractivity (Wildman–Crippen MR) is 182 cm³/mol. The first kappa shape index (κ1) is 35.2. The summed E-state index contributed by atoms with van der Waals surface area (Å²) < 4.78 is 36.5. The number of morpholine rings is 1. The summed E-state index contributed by atoms with van der Waals surface area (Å²) in [5.74, 6) is 1.74. The molecule has 278 valence electrons. The molecule has 3 N–H and O–H groups in total. The summed E-state index contributed by atoms with van der Waals surface area (Å²) in [4.78, 5) is 15.2. The van der Waals surface area contributed by atoms with E-state index in [0.717, 1.165) is 65.0 Å². The van der Waals surface area contributed by atoms with Gasteiger partial charge in [0.25, 0.3) is 0 Å². The summed E-state index contributed by atoms with van der Waals surface area (Å²) in [6.45, 7) is 13.3. The number of fused-ring (bicyclic) bond motifs is 4. The number of aliphatic hydroxyl groups excluding tert-OH is 1. The molecule has 0 radical (unpaired) electrons. The van der Waals surface area contributed by atoms with Crippen LogP contribution in [0.5, 0.6) is 0 Å². The van der Waals surface area contributed by atoms with Gasteiger partial charge in [0.05, 0.1) is 62.7 Å². The average molecular weight is 689 g/mol. The van der Waals surface area contributed by atoms with Gasteiger partial charge in [-0.1, -0.05) is 20.8 Å². The lowest BCUT2D eigenvalue weighted by atomic mass is 9.46. The Kier molecular flexibility index (Phi) is 9.50. The highest BCUT2D eigenvalue weighted by Gasteiger charge is 2.81. The molecule has 10 heteroatoms. The Morgan fingerprint density at radius 1 is 0.898 bits per heavy atom. The molecule has 9 unspecified atom stereocenters. The molecule has 0 aromatic carbocycles. The molecule has 0 amide bonds. The number of carbonyl (C=O) groups excluding carboxylic acids is 1. The van der Waals surface area contributed by atoms with E-state index in [0.29, 0.717) is 60.4 Å². The second-order valence-electron chi connectivity index (χ2n) is 18.1. The minimum atomic E-state index is -0.435. The third-order valence-corrected chi connectivity index (χ3v) is 16.1.